The van der Waals surface area contributed by atoms with Gasteiger partial charge in [-0.2, -0.15) is 0 Å². The first-order valence-corrected chi connectivity index (χ1v) is 6.16. The number of carbonyl (C=O) groups excluding carboxylic acids is 3. The van der Waals surface area contributed by atoms with E-state index in [2.05, 4.69) is 0 Å². The van der Waals surface area contributed by atoms with E-state index in [-0.39, 0.29) is 25.9 Å². The smallest absolute Gasteiger partial charge is 0.410 e. The molecule has 7 nitrogen and oxygen atoms in total. The summed E-state index contributed by atoms with van der Waals surface area (Å²) in [5, 5.41) is 0. The Bertz CT molecular complexity index is 376. The molecule has 4 N–H and O–H groups in total. The number of rotatable bonds is 2. The highest BCUT2D eigenvalue weighted by Gasteiger charge is 2.46. The Morgan fingerprint density at radius 3 is 1.79 bits per heavy atom. The Hall–Kier alpha value is -1.79. The molecule has 1 fully saturated rings. The second kappa shape index (κ2) is 5.07. The topological polar surface area (TPSA) is 116 Å². The van der Waals surface area contributed by atoms with Crippen molar-refractivity contribution in [3.8, 4) is 0 Å². The third-order valence-corrected chi connectivity index (χ3v) is 3.21. The molecule has 0 aromatic carbocycles. The Morgan fingerprint density at radius 2 is 1.47 bits per heavy atom. The molecule has 0 spiro atoms. The molecule has 1 aliphatic heterocycles. The minimum Gasteiger partial charge on any atom is -0.444 e. The lowest BCUT2D eigenvalue weighted by molar-refractivity contribution is -0.143. The molecule has 1 saturated heterocycles. The Labute approximate surface area is 112 Å². The van der Waals surface area contributed by atoms with Gasteiger partial charge in [0, 0.05) is 13.1 Å². The highest BCUT2D eigenvalue weighted by atomic mass is 16.6. The van der Waals surface area contributed by atoms with Gasteiger partial charge in [0.25, 0.3) is 0 Å². The molecule has 0 bridgehead atoms. The van der Waals surface area contributed by atoms with E-state index in [4.69, 9.17) is 16.2 Å². The predicted octanol–water partition coefficient (Wildman–Crippen LogP) is -0.0257. The van der Waals surface area contributed by atoms with Gasteiger partial charge in [0.05, 0.1) is 0 Å². The van der Waals surface area contributed by atoms with Gasteiger partial charge in [-0.15, -0.1) is 0 Å². The van der Waals surface area contributed by atoms with Gasteiger partial charge in [0.2, 0.25) is 11.8 Å². The summed E-state index contributed by atoms with van der Waals surface area (Å²) in [7, 11) is 0. The fraction of sp³-hybridized carbons (Fsp3) is 0.750. The van der Waals surface area contributed by atoms with Gasteiger partial charge < -0.3 is 21.1 Å². The summed E-state index contributed by atoms with van der Waals surface area (Å²) in [6.07, 6.45) is -0.191. The largest absolute Gasteiger partial charge is 0.444 e. The first-order valence-electron chi connectivity index (χ1n) is 6.16. The molecule has 0 saturated carbocycles. The average molecular weight is 271 g/mol. The van der Waals surface area contributed by atoms with E-state index in [1.54, 1.807) is 20.8 Å². The first kappa shape index (κ1) is 15.3. The van der Waals surface area contributed by atoms with Crippen molar-refractivity contribution in [1.82, 2.24) is 4.90 Å². The number of hydrogen-bond acceptors (Lipinski definition) is 4. The van der Waals surface area contributed by atoms with Crippen LogP contribution in [0.4, 0.5) is 4.79 Å². The fourth-order valence-electron chi connectivity index (χ4n) is 2.01. The van der Waals surface area contributed by atoms with E-state index in [9.17, 15) is 14.4 Å². The van der Waals surface area contributed by atoms with Crippen molar-refractivity contribution in [3.05, 3.63) is 0 Å². The first-order chi connectivity index (χ1) is 8.58. The van der Waals surface area contributed by atoms with Gasteiger partial charge in [0.15, 0.2) is 0 Å². The summed E-state index contributed by atoms with van der Waals surface area (Å²) in [5.41, 5.74) is 8.57. The van der Waals surface area contributed by atoms with Crippen LogP contribution in [0.25, 0.3) is 0 Å². The number of piperidine rings is 1. The lowest BCUT2D eigenvalue weighted by Gasteiger charge is -2.37. The van der Waals surface area contributed by atoms with Crippen molar-refractivity contribution >= 4 is 17.9 Å². The summed E-state index contributed by atoms with van der Waals surface area (Å²) < 4.78 is 5.22. The van der Waals surface area contributed by atoms with Crippen LogP contribution >= 0.6 is 0 Å². The van der Waals surface area contributed by atoms with Gasteiger partial charge >= 0.3 is 6.09 Å². The molecule has 1 aliphatic rings. The van der Waals surface area contributed by atoms with Crippen LogP contribution in [0.2, 0.25) is 0 Å². The van der Waals surface area contributed by atoms with Crippen LogP contribution in [-0.4, -0.2) is 41.5 Å². The predicted molar refractivity (Wildman–Crippen MR) is 67.9 cm³/mol. The highest BCUT2D eigenvalue weighted by Crippen LogP contribution is 2.31. The second-order valence-corrected chi connectivity index (χ2v) is 5.78. The molecule has 3 amide bonds. The van der Waals surface area contributed by atoms with E-state index < -0.39 is 28.9 Å². The molecule has 0 atom stereocenters. The van der Waals surface area contributed by atoms with Crippen LogP contribution in [-0.2, 0) is 14.3 Å². The van der Waals surface area contributed by atoms with Crippen LogP contribution in [0.1, 0.15) is 33.6 Å². The quantitative estimate of drug-likeness (QED) is 0.686. The highest BCUT2D eigenvalue weighted by molar-refractivity contribution is 6.03. The molecular weight excluding hydrogens is 250 g/mol. The summed E-state index contributed by atoms with van der Waals surface area (Å²) in [5.74, 6) is -1.47. The Morgan fingerprint density at radius 1 is 1.05 bits per heavy atom. The van der Waals surface area contributed by atoms with Crippen LogP contribution in [0, 0.1) is 5.41 Å². The minimum absolute atomic E-state index is 0.136. The van der Waals surface area contributed by atoms with Crippen molar-refractivity contribution < 1.29 is 19.1 Å². The standard InChI is InChI=1S/C12H21N3O4/c1-11(2,3)19-10(18)15-6-4-12(5-7-15,8(13)16)9(14)17/h4-7H2,1-3H3,(H2,13,16)(H2,14,17). The van der Waals surface area contributed by atoms with Gasteiger partial charge in [-0.3, -0.25) is 9.59 Å². The van der Waals surface area contributed by atoms with Crippen LogP contribution in [0.15, 0.2) is 0 Å². The van der Waals surface area contributed by atoms with Gasteiger partial charge in [0.1, 0.15) is 11.0 Å². The second-order valence-electron chi connectivity index (χ2n) is 5.78. The summed E-state index contributed by atoms with van der Waals surface area (Å²) in [6.45, 7) is 5.76. The fourth-order valence-corrected chi connectivity index (χ4v) is 2.01. The Balaban J connectivity index is 2.69. The zero-order valence-electron chi connectivity index (χ0n) is 11.6. The summed E-state index contributed by atoms with van der Waals surface area (Å²) in [6, 6.07) is 0. The molecule has 1 rings (SSSR count). The van der Waals surface area contributed by atoms with Crippen molar-refractivity contribution in [3.63, 3.8) is 0 Å². The number of carbonyl (C=O) groups is 3. The molecule has 0 aliphatic carbocycles. The Kier molecular flexibility index (Phi) is 4.07. The normalized spacial score (nSPS) is 18.8. The number of likely N-dealkylation sites (tertiary alicyclic amines) is 1. The third-order valence-electron chi connectivity index (χ3n) is 3.21. The minimum atomic E-state index is -1.35. The number of nitrogens with zero attached hydrogens (tertiary/aromatic N) is 1. The lowest BCUT2D eigenvalue weighted by Crippen LogP contribution is -2.55. The van der Waals surface area contributed by atoms with E-state index in [1.807, 2.05) is 0 Å². The molecule has 1 heterocycles. The molecule has 7 heteroatoms. The monoisotopic (exact) mass is 271 g/mol. The maximum atomic E-state index is 11.8. The van der Waals surface area contributed by atoms with Crippen LogP contribution in [0.5, 0.6) is 0 Å². The third kappa shape index (κ3) is 3.36. The van der Waals surface area contributed by atoms with E-state index >= 15 is 0 Å². The van der Waals surface area contributed by atoms with Crippen molar-refractivity contribution in [2.75, 3.05) is 13.1 Å². The van der Waals surface area contributed by atoms with Gasteiger partial charge in [-0.1, -0.05) is 0 Å². The molecule has 19 heavy (non-hydrogen) atoms. The van der Waals surface area contributed by atoms with E-state index in [1.165, 1.54) is 4.90 Å². The zero-order valence-corrected chi connectivity index (χ0v) is 11.6. The number of ether oxygens (including phenoxy) is 1. The molecule has 108 valence electrons. The maximum Gasteiger partial charge on any atom is 0.410 e. The maximum absolute atomic E-state index is 11.8. The molecular formula is C12H21N3O4. The van der Waals surface area contributed by atoms with E-state index in [0.717, 1.165) is 0 Å². The lowest BCUT2D eigenvalue weighted by atomic mass is 9.77. The number of amides is 3. The van der Waals surface area contributed by atoms with Crippen LogP contribution in [0.3, 0.4) is 0 Å². The zero-order chi connectivity index (χ0) is 14.8. The molecule has 0 aromatic heterocycles. The number of hydrogen-bond donors (Lipinski definition) is 2. The van der Waals surface area contributed by atoms with Crippen LogP contribution < -0.4 is 11.5 Å². The number of primary amides is 2. The van der Waals surface area contributed by atoms with E-state index in [0.29, 0.717) is 0 Å². The molecule has 0 radical (unpaired) electrons. The molecule has 0 aromatic rings. The van der Waals surface area contributed by atoms with Crippen molar-refractivity contribution in [2.45, 2.75) is 39.2 Å². The van der Waals surface area contributed by atoms with Crippen molar-refractivity contribution in [2.24, 2.45) is 16.9 Å². The number of nitrogens with two attached hydrogens (primary N) is 2. The summed E-state index contributed by atoms with van der Waals surface area (Å²) in [4.78, 5) is 36.1. The van der Waals surface area contributed by atoms with Crippen molar-refractivity contribution in [1.29, 1.82) is 0 Å². The molecule has 0 unspecified atom stereocenters. The van der Waals surface area contributed by atoms with Gasteiger partial charge in [-0.25, -0.2) is 4.79 Å². The summed E-state index contributed by atoms with van der Waals surface area (Å²) >= 11 is 0. The van der Waals surface area contributed by atoms with Gasteiger partial charge in [-0.05, 0) is 33.6 Å². The SMILES string of the molecule is CC(C)(C)OC(=O)N1CCC(C(N)=O)(C(N)=O)CC1. The average Bonchev–Trinajstić information content (AvgIpc) is 2.26.